The summed E-state index contributed by atoms with van der Waals surface area (Å²) in [5.41, 5.74) is 10.2. The Morgan fingerprint density at radius 3 is 2.14 bits per heavy atom. The molecule has 5 rings (SSSR count). The van der Waals surface area contributed by atoms with Gasteiger partial charge in [-0.3, -0.25) is 9.59 Å². The maximum atomic E-state index is 13.4. The second kappa shape index (κ2) is 9.19. The Kier molecular flexibility index (Phi) is 6.07. The van der Waals surface area contributed by atoms with E-state index in [0.717, 1.165) is 33.6 Å². The van der Waals surface area contributed by atoms with Crippen LogP contribution in [0.1, 0.15) is 47.8 Å². The second-order valence-corrected chi connectivity index (χ2v) is 9.50. The average molecular weight is 472 g/mol. The van der Waals surface area contributed by atoms with Crippen LogP contribution in [0.3, 0.4) is 0 Å². The predicted octanol–water partition coefficient (Wildman–Crippen LogP) is 4.72. The highest BCUT2D eigenvalue weighted by Crippen LogP contribution is 2.46. The van der Waals surface area contributed by atoms with Gasteiger partial charge in [-0.1, -0.05) is 60.7 Å². The van der Waals surface area contributed by atoms with Gasteiger partial charge in [0.05, 0.1) is 13.0 Å². The number of ether oxygens (including phenoxy) is 2. The van der Waals surface area contributed by atoms with Crippen LogP contribution < -0.4 is 10.5 Å². The van der Waals surface area contributed by atoms with Crippen LogP contribution in [0, 0.1) is 5.92 Å². The summed E-state index contributed by atoms with van der Waals surface area (Å²) in [6.07, 6.45) is 1.11. The van der Waals surface area contributed by atoms with Crippen LogP contribution in [0.2, 0.25) is 0 Å². The number of carboxylic acid groups (broad SMARTS) is 1. The Morgan fingerprint density at radius 2 is 1.57 bits per heavy atom. The third kappa shape index (κ3) is 4.08. The monoisotopic (exact) mass is 471 g/mol. The molecule has 0 radical (unpaired) electrons. The van der Waals surface area contributed by atoms with Crippen molar-refractivity contribution in [1.82, 2.24) is 0 Å². The number of hydrogen-bond donors (Lipinski definition) is 2. The summed E-state index contributed by atoms with van der Waals surface area (Å²) in [5, 5.41) is 9.93. The number of benzene rings is 3. The highest BCUT2D eigenvalue weighted by atomic mass is 16.5. The van der Waals surface area contributed by atoms with Crippen molar-refractivity contribution in [3.8, 4) is 16.9 Å². The van der Waals surface area contributed by atoms with E-state index in [-0.39, 0.29) is 24.9 Å². The molecular weight excluding hydrogens is 442 g/mol. The molecule has 3 atom stereocenters. The number of nitrogens with two attached hydrogens (primary N) is 1. The van der Waals surface area contributed by atoms with Crippen molar-refractivity contribution in [2.75, 3.05) is 13.7 Å². The van der Waals surface area contributed by atoms with Gasteiger partial charge in [0.1, 0.15) is 17.9 Å². The molecule has 0 saturated heterocycles. The molecule has 6 nitrogen and oxygen atoms in total. The number of esters is 1. The first-order valence-electron chi connectivity index (χ1n) is 11.9. The van der Waals surface area contributed by atoms with Crippen molar-refractivity contribution in [1.29, 1.82) is 0 Å². The standard InChI is InChI=1S/C29H29NO5/c1-34-20-12-10-18(11-13-20)19-14-15-29(30,28(32)33)26(16-19)27(31)35-17-25-23-8-4-2-6-21(23)22-7-3-5-9-24(22)25/h2-13,19,25-26H,14-17,30H2,1H3,(H,32,33). The molecule has 0 aromatic heterocycles. The molecular formula is C29H29NO5. The molecule has 180 valence electrons. The number of rotatable bonds is 6. The van der Waals surface area contributed by atoms with Crippen LogP contribution in [0.5, 0.6) is 5.75 Å². The van der Waals surface area contributed by atoms with Crippen LogP contribution in [0.15, 0.2) is 72.8 Å². The fourth-order valence-corrected chi connectivity index (χ4v) is 5.65. The number of carboxylic acids is 1. The number of carbonyl (C=O) groups is 2. The third-order valence-electron chi connectivity index (χ3n) is 7.67. The second-order valence-electron chi connectivity index (χ2n) is 9.50. The van der Waals surface area contributed by atoms with E-state index >= 15 is 0 Å². The summed E-state index contributed by atoms with van der Waals surface area (Å²) < 4.78 is 11.1. The lowest BCUT2D eigenvalue weighted by molar-refractivity contribution is -0.162. The lowest BCUT2D eigenvalue weighted by Gasteiger charge is -2.40. The molecule has 2 aliphatic rings. The fraction of sp³-hybridized carbons (Fsp3) is 0.310. The van der Waals surface area contributed by atoms with Gasteiger partial charge >= 0.3 is 11.9 Å². The van der Waals surface area contributed by atoms with Crippen LogP contribution in [0.25, 0.3) is 11.1 Å². The van der Waals surface area contributed by atoms with Gasteiger partial charge in [-0.15, -0.1) is 0 Å². The van der Waals surface area contributed by atoms with E-state index in [2.05, 4.69) is 24.3 Å². The summed E-state index contributed by atoms with van der Waals surface area (Å²) in [7, 11) is 1.61. The van der Waals surface area contributed by atoms with E-state index in [1.165, 1.54) is 0 Å². The molecule has 3 N–H and O–H groups in total. The zero-order valence-corrected chi connectivity index (χ0v) is 19.6. The summed E-state index contributed by atoms with van der Waals surface area (Å²) >= 11 is 0. The maximum absolute atomic E-state index is 13.4. The van der Waals surface area contributed by atoms with E-state index in [1.54, 1.807) is 7.11 Å². The van der Waals surface area contributed by atoms with Crippen LogP contribution >= 0.6 is 0 Å². The molecule has 0 amide bonds. The molecule has 3 aromatic carbocycles. The smallest absolute Gasteiger partial charge is 0.324 e. The topological polar surface area (TPSA) is 98.9 Å². The van der Waals surface area contributed by atoms with Gasteiger partial charge < -0.3 is 20.3 Å². The van der Waals surface area contributed by atoms with Crippen molar-refractivity contribution in [2.24, 2.45) is 11.7 Å². The molecule has 1 fully saturated rings. The largest absolute Gasteiger partial charge is 0.497 e. The summed E-state index contributed by atoms with van der Waals surface area (Å²) in [5.74, 6) is -1.98. The van der Waals surface area contributed by atoms with E-state index in [1.807, 2.05) is 48.5 Å². The van der Waals surface area contributed by atoms with E-state index < -0.39 is 23.4 Å². The Hall–Kier alpha value is -3.64. The lowest BCUT2D eigenvalue weighted by atomic mass is 9.67. The van der Waals surface area contributed by atoms with E-state index in [0.29, 0.717) is 12.8 Å². The number of aliphatic carboxylic acids is 1. The zero-order chi connectivity index (χ0) is 24.6. The number of hydrogen-bond acceptors (Lipinski definition) is 5. The van der Waals surface area contributed by atoms with Gasteiger partial charge in [0.25, 0.3) is 0 Å². The Balaban J connectivity index is 1.37. The van der Waals surface area contributed by atoms with Crippen LogP contribution in [0.4, 0.5) is 0 Å². The van der Waals surface area contributed by atoms with Crippen LogP contribution in [-0.4, -0.2) is 36.3 Å². The lowest BCUT2D eigenvalue weighted by Crippen LogP contribution is -2.59. The first-order chi connectivity index (χ1) is 16.9. The van der Waals surface area contributed by atoms with Gasteiger partial charge in [0.15, 0.2) is 0 Å². The molecule has 3 aromatic rings. The normalized spacial score (nSPS) is 23.3. The predicted molar refractivity (Wildman–Crippen MR) is 132 cm³/mol. The minimum absolute atomic E-state index is 0.0161. The van der Waals surface area contributed by atoms with Crippen LogP contribution in [-0.2, 0) is 14.3 Å². The summed E-state index contributed by atoms with van der Waals surface area (Å²) in [4.78, 5) is 25.5. The van der Waals surface area contributed by atoms with Gasteiger partial charge in [0.2, 0.25) is 0 Å². The van der Waals surface area contributed by atoms with Gasteiger partial charge in [-0.05, 0) is 65.1 Å². The summed E-state index contributed by atoms with van der Waals surface area (Å²) in [6.45, 7) is 0.145. The molecule has 35 heavy (non-hydrogen) atoms. The first kappa shape index (κ1) is 23.1. The Labute approximate surface area is 204 Å². The molecule has 0 aliphatic heterocycles. The highest BCUT2D eigenvalue weighted by molar-refractivity contribution is 5.88. The molecule has 0 spiro atoms. The molecule has 1 saturated carbocycles. The number of methoxy groups -OCH3 is 1. The molecule has 3 unspecified atom stereocenters. The average Bonchev–Trinajstić information content (AvgIpc) is 3.21. The van der Waals surface area contributed by atoms with E-state index in [4.69, 9.17) is 15.2 Å². The Bertz CT molecular complexity index is 1210. The highest BCUT2D eigenvalue weighted by Gasteiger charge is 2.51. The van der Waals surface area contributed by atoms with E-state index in [9.17, 15) is 14.7 Å². The minimum Gasteiger partial charge on any atom is -0.497 e. The SMILES string of the molecule is COc1ccc(C2CCC(N)(C(=O)O)C(C(=O)OCC3c4ccccc4-c4ccccc43)C2)cc1. The van der Waals surface area contributed by atoms with Gasteiger partial charge in [0, 0.05) is 5.92 Å². The zero-order valence-electron chi connectivity index (χ0n) is 19.6. The molecule has 0 bridgehead atoms. The van der Waals surface area contributed by atoms with Crippen molar-refractivity contribution < 1.29 is 24.2 Å². The Morgan fingerprint density at radius 1 is 0.971 bits per heavy atom. The van der Waals surface area contributed by atoms with Gasteiger partial charge in [-0.25, -0.2) is 0 Å². The van der Waals surface area contributed by atoms with Crippen molar-refractivity contribution in [2.45, 2.75) is 36.6 Å². The quantitative estimate of drug-likeness (QED) is 0.505. The fourth-order valence-electron chi connectivity index (χ4n) is 5.65. The number of carbonyl (C=O) groups excluding carboxylic acids is 1. The minimum atomic E-state index is -1.65. The van der Waals surface area contributed by atoms with Crippen molar-refractivity contribution in [3.63, 3.8) is 0 Å². The molecule has 0 heterocycles. The van der Waals surface area contributed by atoms with Crippen molar-refractivity contribution >= 4 is 11.9 Å². The number of fused-ring (bicyclic) bond motifs is 3. The summed E-state index contributed by atoms with van der Waals surface area (Å²) in [6, 6.07) is 23.9. The first-order valence-corrected chi connectivity index (χ1v) is 11.9. The van der Waals surface area contributed by atoms with Crippen molar-refractivity contribution in [3.05, 3.63) is 89.5 Å². The third-order valence-corrected chi connectivity index (χ3v) is 7.67. The molecule has 6 heteroatoms. The maximum Gasteiger partial charge on any atom is 0.324 e. The van der Waals surface area contributed by atoms with Gasteiger partial charge in [-0.2, -0.15) is 0 Å². The molecule has 2 aliphatic carbocycles.